The molecule has 0 unspecified atom stereocenters. The van der Waals surface area contributed by atoms with Crippen LogP contribution in [-0.4, -0.2) is 25.8 Å². The largest absolute Gasteiger partial charge is 0.493 e. The average molecular weight is 361 g/mol. The second-order valence-electron chi connectivity index (χ2n) is 5.89. The first-order valence-corrected chi connectivity index (χ1v) is 8.35. The van der Waals surface area contributed by atoms with Crippen LogP contribution in [0.5, 0.6) is 5.88 Å². The van der Waals surface area contributed by atoms with Gasteiger partial charge in [-0.25, -0.2) is 4.68 Å². The van der Waals surface area contributed by atoms with Crippen molar-refractivity contribution in [1.29, 1.82) is 0 Å². The molecule has 0 saturated carbocycles. The van der Waals surface area contributed by atoms with Gasteiger partial charge in [0, 0.05) is 17.3 Å². The van der Waals surface area contributed by atoms with Crippen molar-refractivity contribution in [2.45, 2.75) is 13.5 Å². The van der Waals surface area contributed by atoms with Crippen molar-refractivity contribution in [3.63, 3.8) is 0 Å². The van der Waals surface area contributed by atoms with Crippen molar-refractivity contribution in [1.82, 2.24) is 14.8 Å². The van der Waals surface area contributed by atoms with E-state index in [1.54, 1.807) is 49.4 Å². The molecule has 27 heavy (non-hydrogen) atoms. The number of para-hydroxylation sites is 1. The minimum Gasteiger partial charge on any atom is -0.493 e. The number of hydrogen-bond acceptors (Lipinski definition) is 5. The Morgan fingerprint density at radius 1 is 1.11 bits per heavy atom. The molecule has 2 aromatic carbocycles. The fourth-order valence-corrected chi connectivity index (χ4v) is 2.96. The van der Waals surface area contributed by atoms with Crippen molar-refractivity contribution < 1.29 is 9.90 Å². The second kappa shape index (κ2) is 6.49. The third-order valence-electron chi connectivity index (χ3n) is 4.27. The maximum absolute atomic E-state index is 12.7. The number of nitrogens with one attached hydrogen (secondary N) is 1. The van der Waals surface area contributed by atoms with Crippen LogP contribution in [0.25, 0.3) is 21.7 Å². The van der Waals surface area contributed by atoms with E-state index in [-0.39, 0.29) is 22.8 Å². The number of amides is 1. The van der Waals surface area contributed by atoms with Crippen molar-refractivity contribution in [3.8, 4) is 5.88 Å². The molecule has 0 fully saturated rings. The first-order chi connectivity index (χ1) is 13.1. The summed E-state index contributed by atoms with van der Waals surface area (Å²) in [6.07, 6.45) is 0. The Morgan fingerprint density at radius 2 is 1.78 bits per heavy atom. The lowest BCUT2D eigenvalue weighted by Gasteiger charge is -2.06. The minimum absolute atomic E-state index is 0.0372. The smallest absolute Gasteiger partial charge is 0.316 e. The molecule has 2 N–H and O–H groups in total. The number of H-pyrrole nitrogens is 1. The molecule has 4 aromatic rings. The van der Waals surface area contributed by atoms with E-state index in [2.05, 4.69) is 20.3 Å². The maximum Gasteiger partial charge on any atom is 0.316 e. The topological polar surface area (TPSA) is 113 Å². The van der Waals surface area contributed by atoms with Gasteiger partial charge in [0.1, 0.15) is 0 Å². The molecule has 0 aliphatic heterocycles. The molecular weight excluding hydrogens is 346 g/mol. The zero-order chi connectivity index (χ0) is 19.0. The van der Waals surface area contributed by atoms with Gasteiger partial charge in [0.2, 0.25) is 5.88 Å². The summed E-state index contributed by atoms with van der Waals surface area (Å²) in [7, 11) is 0. The molecule has 8 nitrogen and oxygen atoms in total. The van der Waals surface area contributed by atoms with Gasteiger partial charge in [0.15, 0.2) is 11.4 Å². The number of hydrogen-bond donors (Lipinski definition) is 2. The Balaban J connectivity index is 1.81. The fraction of sp³-hybridized carbons (Fsp3) is 0.105. The zero-order valence-electron chi connectivity index (χ0n) is 14.4. The number of aromatic amines is 1. The average Bonchev–Trinajstić information content (AvgIpc) is 3.01. The normalized spacial score (nSPS) is 11.6. The van der Waals surface area contributed by atoms with Crippen molar-refractivity contribution in [2.24, 2.45) is 10.2 Å². The molecule has 0 spiro atoms. The lowest BCUT2D eigenvalue weighted by Crippen LogP contribution is -2.24. The van der Waals surface area contributed by atoms with Gasteiger partial charge < -0.3 is 10.1 Å². The van der Waals surface area contributed by atoms with Crippen LogP contribution >= 0.6 is 0 Å². The summed E-state index contributed by atoms with van der Waals surface area (Å²) in [5.41, 5.74) is 0.623. The van der Waals surface area contributed by atoms with Crippen LogP contribution in [0.3, 0.4) is 0 Å². The third-order valence-corrected chi connectivity index (χ3v) is 4.27. The van der Waals surface area contributed by atoms with E-state index >= 15 is 0 Å². The summed E-state index contributed by atoms with van der Waals surface area (Å²) < 4.78 is 1.22. The molecule has 0 aliphatic carbocycles. The van der Waals surface area contributed by atoms with Crippen molar-refractivity contribution in [2.75, 3.05) is 0 Å². The predicted octanol–water partition coefficient (Wildman–Crippen LogP) is 3.53. The number of azo groups is 1. The van der Waals surface area contributed by atoms with E-state index < -0.39 is 5.91 Å². The Labute approximate surface area is 152 Å². The molecule has 1 amide bonds. The number of benzene rings is 2. The number of carbonyl (C=O) groups is 1. The Morgan fingerprint density at radius 3 is 2.52 bits per heavy atom. The van der Waals surface area contributed by atoms with E-state index in [0.29, 0.717) is 28.2 Å². The summed E-state index contributed by atoms with van der Waals surface area (Å²) in [5.74, 6) is -0.873. The quantitative estimate of drug-likeness (QED) is 0.543. The number of nitrogens with zero attached hydrogens (tertiary/aromatic N) is 4. The molecule has 8 heteroatoms. The van der Waals surface area contributed by atoms with E-state index in [1.165, 1.54) is 4.68 Å². The molecule has 0 atom stereocenters. The number of rotatable bonds is 3. The van der Waals surface area contributed by atoms with Crippen LogP contribution in [-0.2, 0) is 6.54 Å². The fourth-order valence-electron chi connectivity index (χ4n) is 2.96. The number of aryl methyl sites for hydroxylation is 1. The van der Waals surface area contributed by atoms with Gasteiger partial charge in [0.25, 0.3) is 5.56 Å². The zero-order valence-corrected chi connectivity index (χ0v) is 14.4. The van der Waals surface area contributed by atoms with Gasteiger partial charge >= 0.3 is 5.91 Å². The lowest BCUT2D eigenvalue weighted by molar-refractivity contribution is 0.0990. The monoisotopic (exact) mass is 361 g/mol. The molecule has 0 bridgehead atoms. The molecule has 0 radical (unpaired) electrons. The standard InChI is InChI=1S/C19H15N5O3/c1-2-24-19(27)12-8-4-3-7-11(12)16(23-24)18(26)22-21-15-13-9-5-6-10-14(13)20-17(15)25/h3-10,20,25H,2H2,1H3. The second-order valence-corrected chi connectivity index (χ2v) is 5.89. The summed E-state index contributed by atoms with van der Waals surface area (Å²) in [4.78, 5) is 27.8. The van der Waals surface area contributed by atoms with Crippen molar-refractivity contribution >= 4 is 33.3 Å². The number of carbonyl (C=O) groups excluding carboxylic acids is 1. The molecule has 0 aliphatic rings. The van der Waals surface area contributed by atoms with Gasteiger partial charge in [-0.2, -0.15) is 5.10 Å². The van der Waals surface area contributed by atoms with Gasteiger partial charge in [0.05, 0.1) is 10.9 Å². The van der Waals surface area contributed by atoms with Crippen LogP contribution in [0.4, 0.5) is 5.69 Å². The van der Waals surface area contributed by atoms with E-state index in [9.17, 15) is 14.7 Å². The van der Waals surface area contributed by atoms with Crippen LogP contribution in [0.1, 0.15) is 17.4 Å². The summed E-state index contributed by atoms with van der Waals surface area (Å²) >= 11 is 0. The van der Waals surface area contributed by atoms with E-state index in [0.717, 1.165) is 0 Å². The van der Waals surface area contributed by atoms with E-state index in [4.69, 9.17) is 0 Å². The lowest BCUT2D eigenvalue weighted by atomic mass is 10.1. The van der Waals surface area contributed by atoms with Gasteiger partial charge in [-0.05, 0) is 19.1 Å². The van der Waals surface area contributed by atoms with Crippen LogP contribution in [0.15, 0.2) is 63.6 Å². The van der Waals surface area contributed by atoms with Gasteiger partial charge in [-0.1, -0.05) is 36.4 Å². The molecule has 2 heterocycles. The number of aromatic hydroxyl groups is 1. The van der Waals surface area contributed by atoms with Crippen LogP contribution in [0, 0.1) is 0 Å². The minimum atomic E-state index is -0.696. The first-order valence-electron chi connectivity index (χ1n) is 8.35. The highest BCUT2D eigenvalue weighted by atomic mass is 16.3. The summed E-state index contributed by atoms with van der Waals surface area (Å²) in [6.45, 7) is 2.09. The molecule has 134 valence electrons. The predicted molar refractivity (Wildman–Crippen MR) is 100 cm³/mol. The van der Waals surface area contributed by atoms with Crippen LogP contribution in [0.2, 0.25) is 0 Å². The van der Waals surface area contributed by atoms with Crippen molar-refractivity contribution in [3.05, 3.63) is 64.6 Å². The Bertz CT molecular complexity index is 1270. The highest BCUT2D eigenvalue weighted by Crippen LogP contribution is 2.35. The highest BCUT2D eigenvalue weighted by Gasteiger charge is 2.17. The summed E-state index contributed by atoms with van der Waals surface area (Å²) in [5, 5.41) is 23.3. The molecule has 2 aromatic heterocycles. The maximum atomic E-state index is 12.7. The summed E-state index contributed by atoms with van der Waals surface area (Å²) in [6, 6.07) is 13.9. The highest BCUT2D eigenvalue weighted by molar-refractivity contribution is 6.05. The van der Waals surface area contributed by atoms with Crippen LogP contribution < -0.4 is 5.56 Å². The van der Waals surface area contributed by atoms with Gasteiger partial charge in [-0.15, -0.1) is 10.2 Å². The molecular formula is C19H15N5O3. The van der Waals surface area contributed by atoms with Gasteiger partial charge in [-0.3, -0.25) is 9.59 Å². The Kier molecular flexibility index (Phi) is 4.00. The number of fused-ring (bicyclic) bond motifs is 2. The SMILES string of the molecule is CCn1nc(C(=O)N=Nc2c(O)[nH]c3ccccc23)c2ccccc2c1=O. The first kappa shape index (κ1) is 16.6. The number of aromatic nitrogens is 3. The van der Waals surface area contributed by atoms with E-state index in [1.807, 2.05) is 6.07 Å². The Hall–Kier alpha value is -3.81. The molecule has 0 saturated heterocycles. The molecule has 4 rings (SSSR count). The third kappa shape index (κ3) is 2.77.